The van der Waals surface area contributed by atoms with E-state index in [0.717, 1.165) is 18.3 Å². The number of rotatable bonds is 8. The van der Waals surface area contributed by atoms with Crippen LogP contribution >= 0.6 is 11.8 Å². The molecule has 1 aromatic rings. The summed E-state index contributed by atoms with van der Waals surface area (Å²) in [4.78, 5) is 2.50. The fraction of sp³-hybridized carbons (Fsp3) is 0.538. The Labute approximate surface area is 103 Å². The molecule has 16 heavy (non-hydrogen) atoms. The molecule has 0 fully saturated rings. The Balaban J connectivity index is 2.38. The summed E-state index contributed by atoms with van der Waals surface area (Å²) in [7, 11) is 1.99. The summed E-state index contributed by atoms with van der Waals surface area (Å²) in [6, 6.07) is 10.7. The third kappa shape index (κ3) is 5.54. The minimum atomic E-state index is 1.02. The van der Waals surface area contributed by atoms with Crippen molar-refractivity contribution in [2.45, 2.75) is 19.9 Å². The largest absolute Gasteiger partial charge is 0.311 e. The van der Waals surface area contributed by atoms with Gasteiger partial charge in [-0.3, -0.25) is 4.90 Å². The van der Waals surface area contributed by atoms with Crippen molar-refractivity contribution in [3.05, 3.63) is 35.9 Å². The molecule has 1 N–H and O–H groups in total. The Bertz CT molecular complexity index is 264. The lowest BCUT2D eigenvalue weighted by atomic mass is 10.2. The molecule has 0 saturated carbocycles. The smallest absolute Gasteiger partial charge is 0.0460 e. The number of thioether (sulfide) groups is 1. The van der Waals surface area contributed by atoms with E-state index in [-0.39, 0.29) is 0 Å². The van der Waals surface area contributed by atoms with Crippen LogP contribution in [0.2, 0.25) is 0 Å². The minimum absolute atomic E-state index is 1.02. The van der Waals surface area contributed by atoms with E-state index in [1.165, 1.54) is 18.5 Å². The van der Waals surface area contributed by atoms with Crippen molar-refractivity contribution < 1.29 is 0 Å². The van der Waals surface area contributed by atoms with E-state index in [1.807, 2.05) is 18.8 Å². The molecule has 0 aliphatic carbocycles. The number of nitrogens with one attached hydrogen (secondary N) is 1. The Hall–Kier alpha value is -0.510. The van der Waals surface area contributed by atoms with Gasteiger partial charge in [-0.05, 0) is 25.6 Å². The van der Waals surface area contributed by atoms with E-state index < -0.39 is 0 Å². The maximum atomic E-state index is 3.17. The van der Waals surface area contributed by atoms with Crippen LogP contribution in [-0.2, 0) is 6.54 Å². The molecule has 0 aliphatic heterocycles. The standard InChI is InChI=1S/C13H22N2S/c1-3-9-15(12-16-11-14-2)10-13-7-5-4-6-8-13/h4-8,14H,3,9-12H2,1-2H3. The van der Waals surface area contributed by atoms with Crippen molar-refractivity contribution in [2.75, 3.05) is 25.3 Å². The van der Waals surface area contributed by atoms with E-state index in [1.54, 1.807) is 0 Å². The summed E-state index contributed by atoms with van der Waals surface area (Å²) in [6.45, 7) is 4.47. The fourth-order valence-electron chi connectivity index (χ4n) is 1.62. The molecule has 2 nitrogen and oxygen atoms in total. The van der Waals surface area contributed by atoms with Gasteiger partial charge in [-0.1, -0.05) is 37.3 Å². The summed E-state index contributed by atoms with van der Waals surface area (Å²) in [5.41, 5.74) is 1.40. The molecule has 1 rings (SSSR count). The average Bonchev–Trinajstić information content (AvgIpc) is 2.31. The van der Waals surface area contributed by atoms with E-state index in [4.69, 9.17) is 0 Å². The van der Waals surface area contributed by atoms with Gasteiger partial charge in [-0.2, -0.15) is 0 Å². The van der Waals surface area contributed by atoms with Gasteiger partial charge >= 0.3 is 0 Å². The van der Waals surface area contributed by atoms with Crippen molar-refractivity contribution in [1.29, 1.82) is 0 Å². The molecule has 0 spiro atoms. The highest BCUT2D eigenvalue weighted by molar-refractivity contribution is 7.99. The quantitative estimate of drug-likeness (QED) is 0.554. The second-order valence-electron chi connectivity index (χ2n) is 3.87. The second-order valence-corrected chi connectivity index (χ2v) is 4.82. The summed E-state index contributed by atoms with van der Waals surface area (Å²) in [5, 5.41) is 3.17. The zero-order valence-corrected chi connectivity index (χ0v) is 11.1. The van der Waals surface area contributed by atoms with E-state index in [0.29, 0.717) is 0 Å². The molecule has 0 radical (unpaired) electrons. The van der Waals surface area contributed by atoms with Gasteiger partial charge in [-0.15, -0.1) is 11.8 Å². The van der Waals surface area contributed by atoms with E-state index >= 15 is 0 Å². The van der Waals surface area contributed by atoms with Crippen molar-refractivity contribution in [3.63, 3.8) is 0 Å². The predicted octanol–water partition coefficient (Wildman–Crippen LogP) is 2.77. The van der Waals surface area contributed by atoms with Crippen LogP contribution in [0.15, 0.2) is 30.3 Å². The Morgan fingerprint density at radius 1 is 1.25 bits per heavy atom. The molecule has 1 aromatic carbocycles. The lowest BCUT2D eigenvalue weighted by Crippen LogP contribution is -2.24. The first-order chi connectivity index (χ1) is 7.86. The van der Waals surface area contributed by atoms with Crippen molar-refractivity contribution in [2.24, 2.45) is 0 Å². The fourth-order valence-corrected chi connectivity index (χ4v) is 2.40. The van der Waals surface area contributed by atoms with Crippen molar-refractivity contribution >= 4 is 11.8 Å². The van der Waals surface area contributed by atoms with Crippen LogP contribution in [0.25, 0.3) is 0 Å². The van der Waals surface area contributed by atoms with E-state index in [9.17, 15) is 0 Å². The minimum Gasteiger partial charge on any atom is -0.311 e. The molecule has 0 unspecified atom stereocenters. The number of hydrogen-bond donors (Lipinski definition) is 1. The summed E-state index contributed by atoms with van der Waals surface area (Å²) in [6.07, 6.45) is 1.22. The zero-order chi connectivity index (χ0) is 11.6. The Kier molecular flexibility index (Phi) is 7.30. The maximum absolute atomic E-state index is 3.17. The molecule has 0 saturated heterocycles. The molecule has 3 heteroatoms. The molecule has 0 amide bonds. The number of nitrogens with zero attached hydrogens (tertiary/aromatic N) is 1. The topological polar surface area (TPSA) is 15.3 Å². The lowest BCUT2D eigenvalue weighted by Gasteiger charge is -2.21. The predicted molar refractivity (Wildman–Crippen MR) is 73.5 cm³/mol. The van der Waals surface area contributed by atoms with Crippen LogP contribution in [0.4, 0.5) is 0 Å². The summed E-state index contributed by atoms with van der Waals surface area (Å²) >= 11 is 1.94. The third-order valence-corrected chi connectivity index (χ3v) is 3.35. The van der Waals surface area contributed by atoms with Gasteiger partial charge in [0, 0.05) is 18.3 Å². The average molecular weight is 238 g/mol. The van der Waals surface area contributed by atoms with Gasteiger partial charge in [0.1, 0.15) is 0 Å². The summed E-state index contributed by atoms with van der Waals surface area (Å²) < 4.78 is 0. The van der Waals surface area contributed by atoms with Crippen LogP contribution in [0.1, 0.15) is 18.9 Å². The first-order valence-corrected chi connectivity index (χ1v) is 7.01. The molecule has 90 valence electrons. The van der Waals surface area contributed by atoms with Gasteiger partial charge in [0.15, 0.2) is 0 Å². The van der Waals surface area contributed by atoms with Crippen LogP contribution in [0.5, 0.6) is 0 Å². The molecule has 0 heterocycles. The molecular weight excluding hydrogens is 216 g/mol. The normalized spacial score (nSPS) is 10.9. The Morgan fingerprint density at radius 3 is 2.62 bits per heavy atom. The molecule has 0 atom stereocenters. The monoisotopic (exact) mass is 238 g/mol. The SMILES string of the molecule is CCCN(CSCNC)Cc1ccccc1. The Morgan fingerprint density at radius 2 is 2.00 bits per heavy atom. The highest BCUT2D eigenvalue weighted by Gasteiger charge is 2.04. The number of benzene rings is 1. The van der Waals surface area contributed by atoms with Gasteiger partial charge in [0.2, 0.25) is 0 Å². The maximum Gasteiger partial charge on any atom is 0.0460 e. The zero-order valence-electron chi connectivity index (χ0n) is 10.3. The molecule has 0 aromatic heterocycles. The van der Waals surface area contributed by atoms with Crippen LogP contribution in [0.3, 0.4) is 0 Å². The third-order valence-electron chi connectivity index (χ3n) is 2.31. The van der Waals surface area contributed by atoms with Crippen molar-refractivity contribution in [3.8, 4) is 0 Å². The van der Waals surface area contributed by atoms with Crippen LogP contribution in [0, 0.1) is 0 Å². The highest BCUT2D eigenvalue weighted by atomic mass is 32.2. The highest BCUT2D eigenvalue weighted by Crippen LogP contribution is 2.09. The van der Waals surface area contributed by atoms with Gasteiger partial charge in [0.25, 0.3) is 0 Å². The van der Waals surface area contributed by atoms with E-state index in [2.05, 4.69) is 47.5 Å². The van der Waals surface area contributed by atoms with Gasteiger partial charge in [0.05, 0.1) is 0 Å². The second kappa shape index (κ2) is 8.62. The van der Waals surface area contributed by atoms with Crippen LogP contribution in [-0.4, -0.2) is 30.2 Å². The van der Waals surface area contributed by atoms with Gasteiger partial charge in [-0.25, -0.2) is 0 Å². The molecular formula is C13H22N2S. The first-order valence-electron chi connectivity index (χ1n) is 5.85. The summed E-state index contributed by atoms with van der Waals surface area (Å²) in [5.74, 6) is 2.12. The first kappa shape index (κ1) is 13.6. The van der Waals surface area contributed by atoms with Gasteiger partial charge < -0.3 is 5.32 Å². The number of hydrogen-bond acceptors (Lipinski definition) is 3. The van der Waals surface area contributed by atoms with Crippen LogP contribution < -0.4 is 5.32 Å². The lowest BCUT2D eigenvalue weighted by molar-refractivity contribution is 0.314. The molecule has 0 aliphatic rings. The molecule has 0 bridgehead atoms. The van der Waals surface area contributed by atoms with Crippen molar-refractivity contribution in [1.82, 2.24) is 10.2 Å².